The summed E-state index contributed by atoms with van der Waals surface area (Å²) in [4.78, 5) is 0. The van der Waals surface area contributed by atoms with Crippen LogP contribution in [0.2, 0.25) is 0 Å². The molecular weight excluding hydrogens is 180 g/mol. The summed E-state index contributed by atoms with van der Waals surface area (Å²) in [6, 6.07) is 0. The SMILES string of the molecule is CC(C)(C)C1(C)O[C@H](CN)[C@@H](CN)O1. The maximum Gasteiger partial charge on any atom is 0.171 e. The fraction of sp³-hybridized carbons (Fsp3) is 1.00. The predicted octanol–water partition coefficient (Wildman–Crippen LogP) is 0.450. The molecule has 0 unspecified atom stereocenters. The number of hydrogen-bond acceptors (Lipinski definition) is 4. The molecule has 1 aliphatic heterocycles. The van der Waals surface area contributed by atoms with E-state index in [2.05, 4.69) is 20.8 Å². The van der Waals surface area contributed by atoms with Crippen LogP contribution in [0.25, 0.3) is 0 Å². The van der Waals surface area contributed by atoms with Crippen molar-refractivity contribution in [1.82, 2.24) is 0 Å². The number of rotatable bonds is 2. The quantitative estimate of drug-likeness (QED) is 0.682. The number of hydrogen-bond donors (Lipinski definition) is 2. The van der Waals surface area contributed by atoms with E-state index in [0.717, 1.165) is 0 Å². The minimum Gasteiger partial charge on any atom is -0.342 e. The lowest BCUT2D eigenvalue weighted by Gasteiger charge is -2.36. The highest BCUT2D eigenvalue weighted by Gasteiger charge is 2.50. The molecule has 1 fully saturated rings. The van der Waals surface area contributed by atoms with E-state index < -0.39 is 5.79 Å². The minimum absolute atomic E-state index is 0.0790. The Morgan fingerprint density at radius 2 is 1.43 bits per heavy atom. The lowest BCUT2D eigenvalue weighted by Crippen LogP contribution is -2.42. The topological polar surface area (TPSA) is 70.5 Å². The third kappa shape index (κ3) is 1.93. The largest absolute Gasteiger partial charge is 0.342 e. The van der Waals surface area contributed by atoms with Crippen molar-refractivity contribution < 1.29 is 9.47 Å². The molecule has 4 heteroatoms. The van der Waals surface area contributed by atoms with Crippen molar-refractivity contribution in [3.05, 3.63) is 0 Å². The van der Waals surface area contributed by atoms with Gasteiger partial charge in [-0.2, -0.15) is 0 Å². The highest BCUT2D eigenvalue weighted by Crippen LogP contribution is 2.41. The van der Waals surface area contributed by atoms with E-state index in [-0.39, 0.29) is 17.6 Å². The fourth-order valence-electron chi connectivity index (χ4n) is 1.51. The molecule has 0 aromatic heterocycles. The van der Waals surface area contributed by atoms with E-state index in [4.69, 9.17) is 20.9 Å². The van der Waals surface area contributed by atoms with E-state index in [1.807, 2.05) is 6.92 Å². The molecular formula is C10H22N2O2. The Bertz CT molecular complexity index is 189. The first-order valence-electron chi connectivity index (χ1n) is 5.10. The maximum atomic E-state index is 5.84. The number of nitrogens with two attached hydrogens (primary N) is 2. The van der Waals surface area contributed by atoms with Gasteiger partial charge < -0.3 is 20.9 Å². The molecule has 1 rings (SSSR count). The number of ether oxygens (including phenoxy) is 2. The first kappa shape index (κ1) is 11.9. The normalized spacial score (nSPS) is 32.1. The van der Waals surface area contributed by atoms with Crippen molar-refractivity contribution in [3.63, 3.8) is 0 Å². The maximum absolute atomic E-state index is 5.84. The summed E-state index contributed by atoms with van der Waals surface area (Å²) in [7, 11) is 0. The molecule has 84 valence electrons. The summed E-state index contributed by atoms with van der Waals surface area (Å²) in [5.74, 6) is -0.582. The van der Waals surface area contributed by atoms with Crippen molar-refractivity contribution in [2.45, 2.75) is 45.7 Å². The molecule has 0 aromatic carbocycles. The van der Waals surface area contributed by atoms with Gasteiger partial charge in [-0.15, -0.1) is 0 Å². The molecule has 4 nitrogen and oxygen atoms in total. The fourth-order valence-corrected chi connectivity index (χ4v) is 1.51. The third-order valence-electron chi connectivity index (χ3n) is 2.99. The summed E-state index contributed by atoms with van der Waals surface area (Å²) in [5.41, 5.74) is 11.1. The van der Waals surface area contributed by atoms with Crippen molar-refractivity contribution in [3.8, 4) is 0 Å². The molecule has 14 heavy (non-hydrogen) atoms. The van der Waals surface area contributed by atoms with Gasteiger partial charge in [0.15, 0.2) is 5.79 Å². The molecule has 2 atom stereocenters. The summed E-state index contributed by atoms with van der Waals surface area (Å²) < 4.78 is 11.7. The first-order valence-corrected chi connectivity index (χ1v) is 5.10. The van der Waals surface area contributed by atoms with E-state index in [0.29, 0.717) is 13.1 Å². The van der Waals surface area contributed by atoms with Gasteiger partial charge in [0.25, 0.3) is 0 Å². The van der Waals surface area contributed by atoms with Crippen LogP contribution in [0.1, 0.15) is 27.7 Å². The first-order chi connectivity index (χ1) is 6.34. The smallest absolute Gasteiger partial charge is 0.171 e. The summed E-state index contributed by atoms with van der Waals surface area (Å²) in [6.45, 7) is 9.10. The van der Waals surface area contributed by atoms with Gasteiger partial charge in [-0.1, -0.05) is 20.8 Å². The van der Waals surface area contributed by atoms with E-state index in [9.17, 15) is 0 Å². The molecule has 0 bridgehead atoms. The second kappa shape index (κ2) is 3.77. The highest BCUT2D eigenvalue weighted by atomic mass is 16.8. The van der Waals surface area contributed by atoms with Gasteiger partial charge in [0.1, 0.15) is 12.2 Å². The zero-order chi connectivity index (χ0) is 11.0. The van der Waals surface area contributed by atoms with Crippen LogP contribution >= 0.6 is 0 Å². The van der Waals surface area contributed by atoms with E-state index >= 15 is 0 Å². The molecule has 1 saturated heterocycles. The average molecular weight is 202 g/mol. The lowest BCUT2D eigenvalue weighted by atomic mass is 9.87. The van der Waals surface area contributed by atoms with Crippen LogP contribution < -0.4 is 11.5 Å². The zero-order valence-corrected chi connectivity index (χ0v) is 9.54. The van der Waals surface area contributed by atoms with Gasteiger partial charge in [-0.3, -0.25) is 0 Å². The van der Waals surface area contributed by atoms with Crippen LogP contribution in [0.4, 0.5) is 0 Å². The van der Waals surface area contributed by atoms with Crippen molar-refractivity contribution in [2.75, 3.05) is 13.1 Å². The van der Waals surface area contributed by atoms with E-state index in [1.54, 1.807) is 0 Å². The molecule has 1 aliphatic rings. The Labute approximate surface area is 85.9 Å². The molecule has 4 N–H and O–H groups in total. The summed E-state index contributed by atoms with van der Waals surface area (Å²) >= 11 is 0. The highest BCUT2D eigenvalue weighted by molar-refractivity contribution is 4.91. The van der Waals surface area contributed by atoms with Gasteiger partial charge in [0.2, 0.25) is 0 Å². The molecule has 0 radical (unpaired) electrons. The molecule has 0 spiro atoms. The molecule has 0 amide bonds. The van der Waals surface area contributed by atoms with Crippen molar-refractivity contribution >= 4 is 0 Å². The van der Waals surface area contributed by atoms with Crippen molar-refractivity contribution in [2.24, 2.45) is 16.9 Å². The second-order valence-electron chi connectivity index (χ2n) is 4.98. The summed E-state index contributed by atoms with van der Waals surface area (Å²) in [6.07, 6.45) is -0.159. The van der Waals surface area contributed by atoms with Crippen LogP contribution in [0, 0.1) is 5.41 Å². The Kier molecular flexibility index (Phi) is 3.21. The van der Waals surface area contributed by atoms with Crippen LogP contribution in [-0.4, -0.2) is 31.1 Å². The Morgan fingerprint density at radius 1 is 1.07 bits per heavy atom. The van der Waals surface area contributed by atoms with Gasteiger partial charge in [-0.05, 0) is 6.92 Å². The van der Waals surface area contributed by atoms with E-state index in [1.165, 1.54) is 0 Å². The second-order valence-corrected chi connectivity index (χ2v) is 4.98. The van der Waals surface area contributed by atoms with Crippen LogP contribution in [0.3, 0.4) is 0 Å². The van der Waals surface area contributed by atoms with Crippen LogP contribution in [0.15, 0.2) is 0 Å². The lowest BCUT2D eigenvalue weighted by molar-refractivity contribution is -0.222. The standard InChI is InChI=1S/C10H22N2O2/c1-9(2,3)10(4)13-7(5-11)8(6-12)14-10/h7-8H,5-6,11-12H2,1-4H3/t7-,8-/m1/s1. The molecule has 1 heterocycles. The Hall–Kier alpha value is -0.160. The van der Waals surface area contributed by atoms with Gasteiger partial charge in [0.05, 0.1) is 0 Å². The Balaban J connectivity index is 2.78. The van der Waals surface area contributed by atoms with Gasteiger partial charge in [0, 0.05) is 18.5 Å². The van der Waals surface area contributed by atoms with Gasteiger partial charge in [-0.25, -0.2) is 0 Å². The Morgan fingerprint density at radius 3 is 1.64 bits per heavy atom. The summed E-state index contributed by atoms with van der Waals surface area (Å²) in [5, 5.41) is 0. The molecule has 0 aliphatic carbocycles. The monoisotopic (exact) mass is 202 g/mol. The molecule has 0 aromatic rings. The van der Waals surface area contributed by atoms with Crippen LogP contribution in [0.5, 0.6) is 0 Å². The third-order valence-corrected chi connectivity index (χ3v) is 2.99. The van der Waals surface area contributed by atoms with Crippen molar-refractivity contribution in [1.29, 1.82) is 0 Å². The zero-order valence-electron chi connectivity index (χ0n) is 9.54. The van der Waals surface area contributed by atoms with Gasteiger partial charge >= 0.3 is 0 Å². The average Bonchev–Trinajstić information content (AvgIpc) is 2.42. The minimum atomic E-state index is -0.582. The van der Waals surface area contributed by atoms with Crippen LogP contribution in [-0.2, 0) is 9.47 Å². The molecule has 0 saturated carbocycles. The predicted molar refractivity (Wildman–Crippen MR) is 55.7 cm³/mol.